The number of benzene rings is 2. The van der Waals surface area contributed by atoms with Crippen molar-refractivity contribution in [3.05, 3.63) is 65.2 Å². The zero-order valence-electron chi connectivity index (χ0n) is 15.8. The molecule has 2 aromatic carbocycles. The molecule has 1 aliphatic heterocycles. The van der Waals surface area contributed by atoms with Crippen molar-refractivity contribution in [2.24, 2.45) is 0 Å². The van der Waals surface area contributed by atoms with Gasteiger partial charge in [-0.2, -0.15) is 0 Å². The van der Waals surface area contributed by atoms with E-state index in [1.165, 1.54) is 37.5 Å². The molecular formula is C21H18N2O6. The number of barbiturate groups is 1. The van der Waals surface area contributed by atoms with Crippen molar-refractivity contribution in [1.82, 2.24) is 5.32 Å². The quantitative estimate of drug-likeness (QED) is 0.475. The van der Waals surface area contributed by atoms with Crippen molar-refractivity contribution in [2.75, 3.05) is 18.6 Å². The maximum absolute atomic E-state index is 12.9. The number of amides is 4. The molecule has 4 amide bonds. The highest BCUT2D eigenvalue weighted by Gasteiger charge is 2.37. The highest BCUT2D eigenvalue weighted by atomic mass is 16.5. The summed E-state index contributed by atoms with van der Waals surface area (Å²) in [4.78, 5) is 49.9. The van der Waals surface area contributed by atoms with Crippen molar-refractivity contribution >= 4 is 35.6 Å². The van der Waals surface area contributed by atoms with Crippen LogP contribution in [0, 0.1) is 0 Å². The summed E-state index contributed by atoms with van der Waals surface area (Å²) in [6, 6.07) is 11.7. The largest absolute Gasteiger partial charge is 0.493 e. The van der Waals surface area contributed by atoms with Gasteiger partial charge in [-0.15, -0.1) is 0 Å². The maximum atomic E-state index is 12.9. The fourth-order valence-electron chi connectivity index (χ4n) is 2.80. The molecule has 3 rings (SSSR count). The Morgan fingerprint density at radius 2 is 1.76 bits per heavy atom. The fraction of sp³-hybridized carbons (Fsp3) is 0.143. The number of ether oxygens (including phenoxy) is 2. The van der Waals surface area contributed by atoms with E-state index in [9.17, 15) is 19.2 Å². The molecule has 1 fully saturated rings. The molecule has 2 aromatic rings. The Morgan fingerprint density at radius 3 is 2.41 bits per heavy atom. The molecule has 0 atom stereocenters. The normalized spacial score (nSPS) is 15.3. The van der Waals surface area contributed by atoms with Crippen LogP contribution in [-0.4, -0.2) is 37.5 Å². The molecule has 1 N–H and O–H groups in total. The molecule has 0 bridgehead atoms. The third-order valence-corrected chi connectivity index (χ3v) is 4.17. The number of urea groups is 1. The Labute approximate surface area is 166 Å². The van der Waals surface area contributed by atoms with Gasteiger partial charge >= 0.3 is 12.0 Å². The third-order valence-electron chi connectivity index (χ3n) is 4.17. The van der Waals surface area contributed by atoms with Gasteiger partial charge in [0.1, 0.15) is 11.3 Å². The first-order chi connectivity index (χ1) is 14.0. The highest BCUT2D eigenvalue weighted by Crippen LogP contribution is 2.25. The van der Waals surface area contributed by atoms with Crippen LogP contribution in [0.3, 0.4) is 0 Å². The predicted molar refractivity (Wildman–Crippen MR) is 104 cm³/mol. The molecule has 29 heavy (non-hydrogen) atoms. The van der Waals surface area contributed by atoms with E-state index in [0.29, 0.717) is 17.9 Å². The molecule has 0 aliphatic carbocycles. The number of rotatable bonds is 5. The van der Waals surface area contributed by atoms with Crippen LogP contribution in [0.1, 0.15) is 22.8 Å². The van der Waals surface area contributed by atoms with Gasteiger partial charge in [-0.05, 0) is 43.3 Å². The minimum absolute atomic E-state index is 0.205. The van der Waals surface area contributed by atoms with Crippen LogP contribution in [0.25, 0.3) is 6.08 Å². The molecule has 0 aromatic heterocycles. The molecule has 8 heteroatoms. The van der Waals surface area contributed by atoms with E-state index in [0.717, 1.165) is 4.90 Å². The van der Waals surface area contributed by atoms with Crippen molar-refractivity contribution in [2.45, 2.75) is 6.92 Å². The number of imide groups is 2. The first-order valence-electron chi connectivity index (χ1n) is 8.78. The van der Waals surface area contributed by atoms with Crippen LogP contribution in [0.4, 0.5) is 10.5 Å². The predicted octanol–water partition coefficient (Wildman–Crippen LogP) is 2.54. The van der Waals surface area contributed by atoms with Gasteiger partial charge in [0.05, 0.1) is 25.0 Å². The Morgan fingerprint density at radius 1 is 1.07 bits per heavy atom. The second kappa shape index (κ2) is 8.39. The fourth-order valence-corrected chi connectivity index (χ4v) is 2.80. The van der Waals surface area contributed by atoms with E-state index in [2.05, 4.69) is 10.1 Å². The lowest BCUT2D eigenvalue weighted by Gasteiger charge is -2.26. The highest BCUT2D eigenvalue weighted by molar-refractivity contribution is 6.39. The summed E-state index contributed by atoms with van der Waals surface area (Å²) in [5.74, 6) is -1.62. The average molecular weight is 394 g/mol. The summed E-state index contributed by atoms with van der Waals surface area (Å²) in [5.41, 5.74) is 0.784. The van der Waals surface area contributed by atoms with Crippen molar-refractivity contribution in [1.29, 1.82) is 0 Å². The minimum atomic E-state index is -0.874. The van der Waals surface area contributed by atoms with Gasteiger partial charge in [-0.3, -0.25) is 14.9 Å². The average Bonchev–Trinajstić information content (AvgIpc) is 2.72. The Balaban J connectivity index is 1.97. The molecule has 0 radical (unpaired) electrons. The number of nitrogens with one attached hydrogen (secondary N) is 1. The van der Waals surface area contributed by atoms with E-state index in [1.807, 2.05) is 6.92 Å². The minimum Gasteiger partial charge on any atom is -0.493 e. The number of nitrogens with zero attached hydrogens (tertiary/aromatic N) is 1. The molecular weight excluding hydrogens is 376 g/mol. The van der Waals surface area contributed by atoms with Crippen molar-refractivity contribution in [3.63, 3.8) is 0 Å². The van der Waals surface area contributed by atoms with Crippen LogP contribution >= 0.6 is 0 Å². The van der Waals surface area contributed by atoms with Crippen LogP contribution in [0.5, 0.6) is 5.75 Å². The summed E-state index contributed by atoms with van der Waals surface area (Å²) >= 11 is 0. The second-order valence-corrected chi connectivity index (χ2v) is 5.97. The standard InChI is InChI=1S/C21H18N2O6/c1-3-29-17-7-5-4-6-14(17)12-16-18(24)22-21(27)23(19(16)25)15-10-8-13(9-11-15)20(26)28-2/h4-12H,3H2,1-2H3,(H,22,24,27)/b16-12+. The van der Waals surface area contributed by atoms with Crippen molar-refractivity contribution in [3.8, 4) is 5.75 Å². The van der Waals surface area contributed by atoms with E-state index in [4.69, 9.17) is 4.74 Å². The summed E-state index contributed by atoms with van der Waals surface area (Å²) in [6.07, 6.45) is 1.38. The maximum Gasteiger partial charge on any atom is 0.337 e. The smallest absolute Gasteiger partial charge is 0.337 e. The molecule has 1 aliphatic rings. The lowest BCUT2D eigenvalue weighted by molar-refractivity contribution is -0.122. The number of carbonyl (C=O) groups excluding carboxylic acids is 4. The molecule has 0 spiro atoms. The van der Waals surface area contributed by atoms with E-state index >= 15 is 0 Å². The zero-order valence-corrected chi connectivity index (χ0v) is 15.8. The van der Waals surface area contributed by atoms with Gasteiger partial charge in [0.25, 0.3) is 11.8 Å². The van der Waals surface area contributed by atoms with Crippen LogP contribution in [0.2, 0.25) is 0 Å². The van der Waals surface area contributed by atoms with Gasteiger partial charge in [-0.1, -0.05) is 18.2 Å². The SMILES string of the molecule is CCOc1ccccc1/C=C1\C(=O)NC(=O)N(c2ccc(C(=O)OC)cc2)C1=O. The van der Waals surface area contributed by atoms with E-state index < -0.39 is 23.8 Å². The molecule has 8 nitrogen and oxygen atoms in total. The lowest BCUT2D eigenvalue weighted by atomic mass is 10.1. The number of anilines is 1. The number of methoxy groups -OCH3 is 1. The monoisotopic (exact) mass is 394 g/mol. The summed E-state index contributed by atoms with van der Waals surface area (Å²) in [6.45, 7) is 2.23. The first kappa shape index (κ1) is 19.8. The number of esters is 1. The molecule has 1 heterocycles. The third kappa shape index (κ3) is 4.01. The van der Waals surface area contributed by atoms with Gasteiger partial charge < -0.3 is 9.47 Å². The summed E-state index contributed by atoms with van der Waals surface area (Å²) in [7, 11) is 1.25. The second-order valence-electron chi connectivity index (χ2n) is 5.97. The Bertz CT molecular complexity index is 1010. The van der Waals surface area contributed by atoms with E-state index in [1.54, 1.807) is 24.3 Å². The van der Waals surface area contributed by atoms with Crippen LogP contribution in [0.15, 0.2) is 54.1 Å². The van der Waals surface area contributed by atoms with Gasteiger partial charge in [0.2, 0.25) is 0 Å². The molecule has 0 unspecified atom stereocenters. The number of hydrogen-bond donors (Lipinski definition) is 1. The number of para-hydroxylation sites is 1. The summed E-state index contributed by atoms with van der Waals surface area (Å²) < 4.78 is 10.1. The molecule has 0 saturated carbocycles. The number of hydrogen-bond acceptors (Lipinski definition) is 6. The topological polar surface area (TPSA) is 102 Å². The molecule has 1 saturated heterocycles. The zero-order chi connectivity index (χ0) is 21.0. The Hall–Kier alpha value is -3.94. The molecule has 148 valence electrons. The first-order valence-corrected chi connectivity index (χ1v) is 8.78. The van der Waals surface area contributed by atoms with Crippen LogP contribution in [-0.2, 0) is 14.3 Å². The van der Waals surface area contributed by atoms with Gasteiger partial charge in [-0.25, -0.2) is 14.5 Å². The van der Waals surface area contributed by atoms with Gasteiger partial charge in [0.15, 0.2) is 0 Å². The lowest BCUT2D eigenvalue weighted by Crippen LogP contribution is -2.54. The Kier molecular flexibility index (Phi) is 5.73. The van der Waals surface area contributed by atoms with Gasteiger partial charge in [0, 0.05) is 5.56 Å². The number of carbonyl (C=O) groups is 4. The van der Waals surface area contributed by atoms with Crippen LogP contribution < -0.4 is 15.0 Å². The van der Waals surface area contributed by atoms with Crippen molar-refractivity contribution < 1.29 is 28.7 Å². The summed E-state index contributed by atoms with van der Waals surface area (Å²) in [5, 5.41) is 2.16. The van der Waals surface area contributed by atoms with E-state index in [-0.39, 0.29) is 16.8 Å².